The number of hydrogen-bond donors (Lipinski definition) is 2. The lowest BCUT2D eigenvalue weighted by Crippen LogP contribution is -2.50. The Labute approximate surface area is 197 Å². The number of nitrogen functional groups attached to an aromatic ring is 1. The lowest BCUT2D eigenvalue weighted by Gasteiger charge is -2.35. The number of nitrogens with two attached hydrogens (primary N) is 1. The third-order valence-corrected chi connectivity index (χ3v) is 5.26. The molecule has 0 saturated carbocycles. The lowest BCUT2D eigenvalue weighted by molar-refractivity contribution is -0.137. The number of carbonyl (C=O) groups is 1. The third-order valence-electron chi connectivity index (χ3n) is 5.26. The molecule has 3 N–H and O–H groups in total. The number of rotatable bonds is 5. The van der Waals surface area contributed by atoms with E-state index in [1.807, 2.05) is 4.90 Å². The SMILES string of the molecule is Nc1nccc(COc2cccnc2N2CCN(C(=O)Nc3cc(C(F)(F)F)ccc3F)CC2)n1. The lowest BCUT2D eigenvalue weighted by atomic mass is 10.2. The maximum atomic E-state index is 14.0. The molecule has 0 unspecified atom stereocenters. The van der Waals surface area contributed by atoms with Gasteiger partial charge < -0.3 is 25.6 Å². The van der Waals surface area contributed by atoms with E-state index in [9.17, 15) is 22.4 Å². The highest BCUT2D eigenvalue weighted by Gasteiger charge is 2.32. The summed E-state index contributed by atoms with van der Waals surface area (Å²) in [5.41, 5.74) is 4.60. The predicted octanol–water partition coefficient (Wildman–Crippen LogP) is 3.54. The summed E-state index contributed by atoms with van der Waals surface area (Å²) in [6.07, 6.45) is -1.51. The van der Waals surface area contributed by atoms with E-state index < -0.39 is 29.3 Å². The first-order chi connectivity index (χ1) is 16.7. The summed E-state index contributed by atoms with van der Waals surface area (Å²) in [7, 11) is 0. The van der Waals surface area contributed by atoms with Gasteiger partial charge in [0, 0.05) is 38.6 Å². The molecule has 35 heavy (non-hydrogen) atoms. The van der Waals surface area contributed by atoms with Crippen LogP contribution in [0.1, 0.15) is 11.3 Å². The van der Waals surface area contributed by atoms with Crippen LogP contribution >= 0.6 is 0 Å². The van der Waals surface area contributed by atoms with Crippen molar-refractivity contribution >= 4 is 23.5 Å². The van der Waals surface area contributed by atoms with E-state index in [1.165, 1.54) is 11.1 Å². The molecule has 4 rings (SSSR count). The number of anilines is 3. The average Bonchev–Trinajstić information content (AvgIpc) is 2.84. The van der Waals surface area contributed by atoms with Crippen molar-refractivity contribution in [3.05, 3.63) is 65.9 Å². The zero-order chi connectivity index (χ0) is 25.0. The molecule has 13 heteroatoms. The Balaban J connectivity index is 1.37. The van der Waals surface area contributed by atoms with Gasteiger partial charge in [-0.25, -0.2) is 24.1 Å². The molecule has 3 heterocycles. The molecule has 0 radical (unpaired) electrons. The minimum absolute atomic E-state index is 0.136. The number of ether oxygens (including phenoxy) is 1. The van der Waals surface area contributed by atoms with Crippen molar-refractivity contribution in [1.29, 1.82) is 0 Å². The van der Waals surface area contributed by atoms with Gasteiger partial charge >= 0.3 is 12.2 Å². The molecule has 0 aliphatic carbocycles. The summed E-state index contributed by atoms with van der Waals surface area (Å²) in [5, 5.41) is 2.23. The fourth-order valence-electron chi connectivity index (χ4n) is 3.49. The Morgan fingerprint density at radius 2 is 1.86 bits per heavy atom. The number of piperazine rings is 1. The molecule has 2 amide bonds. The summed E-state index contributed by atoms with van der Waals surface area (Å²) in [5.74, 6) is 0.259. The number of hydrogen-bond acceptors (Lipinski definition) is 7. The van der Waals surface area contributed by atoms with Gasteiger partial charge in [0.25, 0.3) is 0 Å². The maximum Gasteiger partial charge on any atom is 0.416 e. The van der Waals surface area contributed by atoms with Crippen molar-refractivity contribution in [1.82, 2.24) is 19.9 Å². The molecule has 0 spiro atoms. The number of nitrogens with one attached hydrogen (secondary N) is 1. The zero-order valence-corrected chi connectivity index (χ0v) is 18.3. The topological polar surface area (TPSA) is 109 Å². The normalized spacial score (nSPS) is 14.1. The van der Waals surface area contributed by atoms with E-state index in [0.717, 1.165) is 0 Å². The van der Waals surface area contributed by atoms with Crippen LogP contribution in [0.2, 0.25) is 0 Å². The van der Waals surface area contributed by atoms with Crippen LogP contribution in [0.5, 0.6) is 5.75 Å². The van der Waals surface area contributed by atoms with Gasteiger partial charge in [-0.05, 0) is 36.4 Å². The number of benzene rings is 1. The molecule has 1 saturated heterocycles. The van der Waals surface area contributed by atoms with Crippen molar-refractivity contribution in [2.45, 2.75) is 12.8 Å². The van der Waals surface area contributed by atoms with Crippen LogP contribution in [0, 0.1) is 5.82 Å². The number of pyridine rings is 1. The maximum absolute atomic E-state index is 14.0. The second-order valence-electron chi connectivity index (χ2n) is 7.62. The van der Waals surface area contributed by atoms with Gasteiger partial charge in [0.2, 0.25) is 5.95 Å². The van der Waals surface area contributed by atoms with E-state index in [-0.39, 0.29) is 25.6 Å². The molecule has 0 atom stereocenters. The largest absolute Gasteiger partial charge is 0.483 e. The Bertz CT molecular complexity index is 1200. The number of amides is 2. The van der Waals surface area contributed by atoms with Gasteiger partial charge in [0.05, 0.1) is 16.9 Å². The molecule has 184 valence electrons. The van der Waals surface area contributed by atoms with E-state index in [1.54, 1.807) is 24.4 Å². The van der Waals surface area contributed by atoms with Crippen molar-refractivity contribution in [2.24, 2.45) is 0 Å². The van der Waals surface area contributed by atoms with Crippen LogP contribution in [0.25, 0.3) is 0 Å². The predicted molar refractivity (Wildman–Crippen MR) is 119 cm³/mol. The smallest absolute Gasteiger partial charge is 0.416 e. The Kier molecular flexibility index (Phi) is 6.85. The first kappa shape index (κ1) is 24.0. The molecule has 1 aromatic carbocycles. The number of nitrogens with zero attached hydrogens (tertiary/aromatic N) is 5. The first-order valence-corrected chi connectivity index (χ1v) is 10.5. The quantitative estimate of drug-likeness (QED) is 0.526. The van der Waals surface area contributed by atoms with E-state index in [4.69, 9.17) is 10.5 Å². The number of halogens is 4. The van der Waals surface area contributed by atoms with Gasteiger partial charge in [-0.2, -0.15) is 13.2 Å². The van der Waals surface area contributed by atoms with Crippen molar-refractivity contribution in [2.75, 3.05) is 42.1 Å². The fourth-order valence-corrected chi connectivity index (χ4v) is 3.49. The highest BCUT2D eigenvalue weighted by atomic mass is 19.4. The molecule has 0 bridgehead atoms. The van der Waals surface area contributed by atoms with Crippen molar-refractivity contribution < 1.29 is 27.1 Å². The molecule has 2 aromatic heterocycles. The van der Waals surface area contributed by atoms with E-state index in [2.05, 4.69) is 20.3 Å². The van der Waals surface area contributed by atoms with Crippen LogP contribution in [0.4, 0.5) is 39.8 Å². The van der Waals surface area contributed by atoms with Crippen LogP contribution in [0.3, 0.4) is 0 Å². The minimum atomic E-state index is -4.65. The summed E-state index contributed by atoms with van der Waals surface area (Å²) in [6, 6.07) is 6.33. The number of aromatic nitrogens is 3. The molecule has 1 aliphatic heterocycles. The van der Waals surface area contributed by atoms with E-state index in [0.29, 0.717) is 48.5 Å². The molecular weight excluding hydrogens is 470 g/mol. The van der Waals surface area contributed by atoms with Gasteiger partial charge in [-0.15, -0.1) is 0 Å². The number of carbonyl (C=O) groups excluding carboxylic acids is 1. The van der Waals surface area contributed by atoms with Crippen LogP contribution in [-0.4, -0.2) is 52.1 Å². The monoisotopic (exact) mass is 491 g/mol. The standard InChI is InChI=1S/C22H21F4N7O2/c23-16-4-3-14(22(24,25)26)12-17(16)31-21(34)33-10-8-32(9-11-33)19-18(2-1-6-28-19)35-13-15-5-7-29-20(27)30-15/h1-7,12H,8-11,13H2,(H,31,34)(H2,27,29,30). The first-order valence-electron chi connectivity index (χ1n) is 10.5. The van der Waals surface area contributed by atoms with Crippen LogP contribution in [-0.2, 0) is 12.8 Å². The summed E-state index contributed by atoms with van der Waals surface area (Å²) in [4.78, 5) is 28.2. The molecule has 1 fully saturated rings. The molecule has 1 aliphatic rings. The Morgan fingerprint density at radius 3 is 2.57 bits per heavy atom. The van der Waals surface area contributed by atoms with Gasteiger partial charge in [0.1, 0.15) is 12.4 Å². The fraction of sp³-hybridized carbons (Fsp3) is 0.273. The van der Waals surface area contributed by atoms with Gasteiger partial charge in [-0.1, -0.05) is 0 Å². The van der Waals surface area contributed by atoms with Gasteiger partial charge in [-0.3, -0.25) is 0 Å². The molecule has 3 aromatic rings. The van der Waals surface area contributed by atoms with Crippen LogP contribution in [0.15, 0.2) is 48.8 Å². The zero-order valence-electron chi connectivity index (χ0n) is 18.3. The Hall–Kier alpha value is -4.16. The van der Waals surface area contributed by atoms with Crippen molar-refractivity contribution in [3.8, 4) is 5.75 Å². The van der Waals surface area contributed by atoms with E-state index >= 15 is 0 Å². The van der Waals surface area contributed by atoms with Crippen LogP contribution < -0.4 is 20.7 Å². The second kappa shape index (κ2) is 9.99. The third kappa shape index (κ3) is 5.86. The summed E-state index contributed by atoms with van der Waals surface area (Å²) >= 11 is 0. The second-order valence-corrected chi connectivity index (χ2v) is 7.62. The summed E-state index contributed by atoms with van der Waals surface area (Å²) in [6.45, 7) is 1.39. The molecular formula is C22H21F4N7O2. The number of urea groups is 1. The van der Waals surface area contributed by atoms with Gasteiger partial charge in [0.15, 0.2) is 11.6 Å². The number of alkyl halides is 3. The minimum Gasteiger partial charge on any atom is -0.483 e. The average molecular weight is 491 g/mol. The summed E-state index contributed by atoms with van der Waals surface area (Å²) < 4.78 is 58.6. The highest BCUT2D eigenvalue weighted by molar-refractivity contribution is 5.89. The highest BCUT2D eigenvalue weighted by Crippen LogP contribution is 2.32. The Morgan fingerprint density at radius 1 is 1.09 bits per heavy atom. The van der Waals surface area contributed by atoms with Crippen molar-refractivity contribution in [3.63, 3.8) is 0 Å². The molecule has 9 nitrogen and oxygen atoms in total.